The Balaban J connectivity index is 2.78. The van der Waals surface area contributed by atoms with Crippen LogP contribution >= 0.6 is 0 Å². The van der Waals surface area contributed by atoms with Crippen LogP contribution in [0.5, 0.6) is 0 Å². The molecule has 0 radical (unpaired) electrons. The minimum atomic E-state index is -0.163. The summed E-state index contributed by atoms with van der Waals surface area (Å²) >= 11 is 0. The Morgan fingerprint density at radius 1 is 1.33 bits per heavy atom. The van der Waals surface area contributed by atoms with Crippen LogP contribution in [0.15, 0.2) is 18.2 Å². The molecular weight excluding hydrogens is 227 g/mol. The van der Waals surface area contributed by atoms with E-state index in [4.69, 9.17) is 0 Å². The Morgan fingerprint density at radius 3 is 2.67 bits per heavy atom. The molecule has 0 aliphatic heterocycles. The van der Waals surface area contributed by atoms with Gasteiger partial charge in [0.2, 0.25) is 0 Å². The SMILES string of the molecule is CCNCc1cc(F)ccc1N(C)CCC(C)C. The van der Waals surface area contributed by atoms with Crippen molar-refractivity contribution in [1.82, 2.24) is 5.32 Å². The third kappa shape index (κ3) is 4.65. The lowest BCUT2D eigenvalue weighted by atomic mass is 10.1. The minimum absolute atomic E-state index is 0.163. The normalized spacial score (nSPS) is 11.0. The molecule has 1 aromatic carbocycles. The summed E-state index contributed by atoms with van der Waals surface area (Å²) in [6, 6.07) is 5.04. The van der Waals surface area contributed by atoms with Crippen LogP contribution in [0.25, 0.3) is 0 Å². The van der Waals surface area contributed by atoms with Crippen LogP contribution in [0.4, 0.5) is 10.1 Å². The number of anilines is 1. The summed E-state index contributed by atoms with van der Waals surface area (Å²) in [5, 5.41) is 3.26. The summed E-state index contributed by atoms with van der Waals surface area (Å²) in [5.41, 5.74) is 2.15. The first kappa shape index (κ1) is 15.0. The van der Waals surface area contributed by atoms with Crippen molar-refractivity contribution in [2.75, 3.05) is 25.0 Å². The highest BCUT2D eigenvalue weighted by atomic mass is 19.1. The second-order valence-electron chi connectivity index (χ2n) is 5.16. The van der Waals surface area contributed by atoms with Crippen molar-refractivity contribution >= 4 is 5.69 Å². The van der Waals surface area contributed by atoms with Gasteiger partial charge in [-0.15, -0.1) is 0 Å². The van der Waals surface area contributed by atoms with Gasteiger partial charge in [0.05, 0.1) is 0 Å². The quantitative estimate of drug-likeness (QED) is 0.800. The van der Waals surface area contributed by atoms with Crippen LogP contribution in [0.1, 0.15) is 32.8 Å². The van der Waals surface area contributed by atoms with Crippen molar-refractivity contribution < 1.29 is 4.39 Å². The zero-order valence-electron chi connectivity index (χ0n) is 12.0. The van der Waals surface area contributed by atoms with Gasteiger partial charge in [0.25, 0.3) is 0 Å². The lowest BCUT2D eigenvalue weighted by Crippen LogP contribution is -2.23. The maximum absolute atomic E-state index is 13.3. The first-order valence-electron chi connectivity index (χ1n) is 6.74. The van der Waals surface area contributed by atoms with Gasteiger partial charge >= 0.3 is 0 Å². The lowest BCUT2D eigenvalue weighted by Gasteiger charge is -2.23. The van der Waals surface area contributed by atoms with E-state index in [0.29, 0.717) is 5.92 Å². The fraction of sp³-hybridized carbons (Fsp3) is 0.600. The summed E-state index contributed by atoms with van der Waals surface area (Å²) in [5.74, 6) is 0.522. The van der Waals surface area contributed by atoms with E-state index < -0.39 is 0 Å². The van der Waals surface area contributed by atoms with E-state index in [1.165, 1.54) is 6.07 Å². The molecule has 0 saturated carbocycles. The highest BCUT2D eigenvalue weighted by Crippen LogP contribution is 2.21. The number of nitrogens with zero attached hydrogens (tertiary/aromatic N) is 1. The molecule has 2 nitrogen and oxygen atoms in total. The number of halogens is 1. The number of rotatable bonds is 7. The van der Waals surface area contributed by atoms with Crippen LogP contribution in [0.3, 0.4) is 0 Å². The second-order valence-corrected chi connectivity index (χ2v) is 5.16. The molecule has 0 saturated heterocycles. The number of benzene rings is 1. The zero-order chi connectivity index (χ0) is 13.5. The molecule has 0 bridgehead atoms. The van der Waals surface area contributed by atoms with E-state index in [1.54, 1.807) is 6.07 Å². The summed E-state index contributed by atoms with van der Waals surface area (Å²) in [6.07, 6.45) is 1.15. The maximum atomic E-state index is 13.3. The standard InChI is InChI=1S/C15H25FN2/c1-5-17-11-13-10-14(16)6-7-15(13)18(4)9-8-12(2)3/h6-7,10,12,17H,5,8-9,11H2,1-4H3. The number of hydrogen-bond acceptors (Lipinski definition) is 2. The Hall–Kier alpha value is -1.09. The topological polar surface area (TPSA) is 15.3 Å². The molecule has 0 fully saturated rings. The molecular formula is C15H25FN2. The molecule has 0 heterocycles. The molecule has 18 heavy (non-hydrogen) atoms. The smallest absolute Gasteiger partial charge is 0.123 e. The van der Waals surface area contributed by atoms with Crippen molar-refractivity contribution in [3.63, 3.8) is 0 Å². The largest absolute Gasteiger partial charge is 0.374 e. The average Bonchev–Trinajstić information content (AvgIpc) is 2.33. The van der Waals surface area contributed by atoms with Crippen LogP contribution < -0.4 is 10.2 Å². The number of nitrogens with one attached hydrogen (secondary N) is 1. The Labute approximate surface area is 110 Å². The second kappa shape index (κ2) is 7.37. The molecule has 102 valence electrons. The fourth-order valence-corrected chi connectivity index (χ4v) is 1.90. The van der Waals surface area contributed by atoms with E-state index >= 15 is 0 Å². The summed E-state index contributed by atoms with van der Waals surface area (Å²) in [7, 11) is 2.07. The minimum Gasteiger partial charge on any atom is -0.374 e. The first-order valence-corrected chi connectivity index (χ1v) is 6.74. The Morgan fingerprint density at radius 2 is 2.06 bits per heavy atom. The van der Waals surface area contributed by atoms with Gasteiger partial charge in [0, 0.05) is 25.8 Å². The van der Waals surface area contributed by atoms with Crippen LogP contribution in [0, 0.1) is 11.7 Å². The molecule has 0 aliphatic carbocycles. The molecule has 1 aromatic rings. The molecule has 0 aromatic heterocycles. The molecule has 0 atom stereocenters. The van der Waals surface area contributed by atoms with E-state index in [-0.39, 0.29) is 5.82 Å². The summed E-state index contributed by atoms with van der Waals surface area (Å²) in [4.78, 5) is 2.21. The lowest BCUT2D eigenvalue weighted by molar-refractivity contribution is 0.583. The van der Waals surface area contributed by atoms with E-state index in [2.05, 4.69) is 38.0 Å². The van der Waals surface area contributed by atoms with Gasteiger partial charge in [0.1, 0.15) is 5.82 Å². The van der Waals surface area contributed by atoms with Gasteiger partial charge in [-0.3, -0.25) is 0 Å². The van der Waals surface area contributed by atoms with Crippen molar-refractivity contribution in [1.29, 1.82) is 0 Å². The maximum Gasteiger partial charge on any atom is 0.123 e. The zero-order valence-corrected chi connectivity index (χ0v) is 12.0. The van der Waals surface area contributed by atoms with E-state index in [0.717, 1.165) is 37.3 Å². The van der Waals surface area contributed by atoms with E-state index in [1.807, 2.05) is 6.07 Å². The number of hydrogen-bond donors (Lipinski definition) is 1. The molecule has 1 N–H and O–H groups in total. The summed E-state index contributed by atoms with van der Waals surface area (Å²) in [6.45, 7) is 9.11. The van der Waals surface area contributed by atoms with Gasteiger partial charge in [0.15, 0.2) is 0 Å². The van der Waals surface area contributed by atoms with Gasteiger partial charge in [-0.05, 0) is 42.6 Å². The van der Waals surface area contributed by atoms with Crippen molar-refractivity contribution in [3.8, 4) is 0 Å². The van der Waals surface area contributed by atoms with Crippen molar-refractivity contribution in [3.05, 3.63) is 29.6 Å². The third-order valence-electron chi connectivity index (χ3n) is 3.06. The van der Waals surface area contributed by atoms with E-state index in [9.17, 15) is 4.39 Å². The Kier molecular flexibility index (Phi) is 6.13. The monoisotopic (exact) mass is 252 g/mol. The highest BCUT2D eigenvalue weighted by Gasteiger charge is 2.09. The van der Waals surface area contributed by atoms with Gasteiger partial charge in [-0.2, -0.15) is 0 Å². The fourth-order valence-electron chi connectivity index (χ4n) is 1.90. The molecule has 0 spiro atoms. The first-order chi connectivity index (χ1) is 8.54. The summed E-state index contributed by atoms with van der Waals surface area (Å²) < 4.78 is 13.3. The molecule has 0 aliphatic rings. The highest BCUT2D eigenvalue weighted by molar-refractivity contribution is 5.53. The predicted octanol–water partition coefficient (Wildman–Crippen LogP) is 3.42. The predicted molar refractivity (Wildman–Crippen MR) is 76.5 cm³/mol. The molecule has 3 heteroatoms. The van der Waals surface area contributed by atoms with Crippen molar-refractivity contribution in [2.45, 2.75) is 33.7 Å². The van der Waals surface area contributed by atoms with Crippen LogP contribution in [0.2, 0.25) is 0 Å². The molecule has 1 rings (SSSR count). The van der Waals surface area contributed by atoms with Gasteiger partial charge in [-0.25, -0.2) is 4.39 Å². The van der Waals surface area contributed by atoms with Gasteiger partial charge < -0.3 is 10.2 Å². The molecule has 0 amide bonds. The van der Waals surface area contributed by atoms with Crippen molar-refractivity contribution in [2.24, 2.45) is 5.92 Å². The van der Waals surface area contributed by atoms with Crippen LogP contribution in [-0.2, 0) is 6.54 Å². The molecule has 0 unspecified atom stereocenters. The van der Waals surface area contributed by atoms with Crippen LogP contribution in [-0.4, -0.2) is 20.1 Å². The van der Waals surface area contributed by atoms with Gasteiger partial charge in [-0.1, -0.05) is 20.8 Å². The Bertz CT molecular complexity index is 364. The third-order valence-corrected chi connectivity index (χ3v) is 3.06. The average molecular weight is 252 g/mol.